The lowest BCUT2D eigenvalue weighted by atomic mass is 10.1. The predicted molar refractivity (Wildman–Crippen MR) is 143 cm³/mol. The van der Waals surface area contributed by atoms with Gasteiger partial charge >= 0.3 is 0 Å². The van der Waals surface area contributed by atoms with Gasteiger partial charge in [0.05, 0.1) is 13.7 Å². The van der Waals surface area contributed by atoms with E-state index in [4.69, 9.17) is 9.47 Å². The lowest BCUT2D eigenvalue weighted by Gasteiger charge is -2.05. The third kappa shape index (κ3) is 5.64. The topological polar surface area (TPSA) is 78.6 Å². The van der Waals surface area contributed by atoms with Gasteiger partial charge in [-0.3, -0.25) is 4.79 Å². The van der Waals surface area contributed by atoms with Crippen LogP contribution in [-0.4, -0.2) is 45.1 Å². The van der Waals surface area contributed by atoms with Crippen LogP contribution < -0.4 is 9.47 Å². The molecule has 36 heavy (non-hydrogen) atoms. The highest BCUT2D eigenvalue weighted by Gasteiger charge is 2.13. The van der Waals surface area contributed by atoms with E-state index in [1.807, 2.05) is 66.7 Å². The van der Waals surface area contributed by atoms with Gasteiger partial charge in [-0.05, 0) is 48.0 Å². The van der Waals surface area contributed by atoms with Crippen molar-refractivity contribution in [3.05, 3.63) is 96.1 Å². The highest BCUT2D eigenvalue weighted by Crippen LogP contribution is 2.27. The van der Waals surface area contributed by atoms with Gasteiger partial charge in [0.25, 0.3) is 0 Å². The van der Waals surface area contributed by atoms with Crippen molar-refractivity contribution in [3.63, 3.8) is 0 Å². The van der Waals surface area contributed by atoms with Crippen LogP contribution >= 0.6 is 23.1 Å². The molecular weight excluding hydrogens is 492 g/mol. The third-order valence-electron chi connectivity index (χ3n) is 5.24. The van der Waals surface area contributed by atoms with E-state index in [1.54, 1.807) is 47.7 Å². The van der Waals surface area contributed by atoms with E-state index < -0.39 is 0 Å². The number of hydrogen-bond donors (Lipinski definition) is 0. The molecule has 0 fully saturated rings. The largest absolute Gasteiger partial charge is 0.497 e. The van der Waals surface area contributed by atoms with E-state index in [9.17, 15) is 4.79 Å². The van der Waals surface area contributed by atoms with E-state index >= 15 is 0 Å². The number of carbonyl (C=O) groups excluding carboxylic acids is 1. The minimum Gasteiger partial charge on any atom is -0.497 e. The van der Waals surface area contributed by atoms with Crippen LogP contribution in [0, 0.1) is 0 Å². The monoisotopic (exact) mass is 514 g/mol. The molecule has 0 atom stereocenters. The molecule has 0 aliphatic heterocycles. The zero-order chi connectivity index (χ0) is 24.7. The number of thioether (sulfide) groups is 1. The first-order valence-electron chi connectivity index (χ1n) is 11.2. The zero-order valence-corrected chi connectivity index (χ0v) is 21.0. The fourth-order valence-corrected chi connectivity index (χ4v) is 5.21. The van der Waals surface area contributed by atoms with Crippen molar-refractivity contribution in [1.82, 2.24) is 19.8 Å². The third-order valence-corrected chi connectivity index (χ3v) is 7.24. The van der Waals surface area contributed by atoms with E-state index in [1.165, 1.54) is 11.3 Å². The number of fused-ring (bicyclic) bond motifs is 1. The molecule has 5 aromatic rings. The highest BCUT2D eigenvalue weighted by atomic mass is 32.2. The second-order valence-corrected chi connectivity index (χ2v) is 9.95. The summed E-state index contributed by atoms with van der Waals surface area (Å²) in [6.07, 6.45) is 3.34. The van der Waals surface area contributed by atoms with Crippen LogP contribution in [0.4, 0.5) is 0 Å². The summed E-state index contributed by atoms with van der Waals surface area (Å²) in [5.74, 6) is 2.86. The minimum absolute atomic E-state index is 0.0712. The number of nitrogens with zero attached hydrogens (tertiary/aromatic N) is 4. The van der Waals surface area contributed by atoms with Crippen LogP contribution in [0.1, 0.15) is 15.9 Å². The average molecular weight is 515 g/mol. The van der Waals surface area contributed by atoms with E-state index in [-0.39, 0.29) is 5.78 Å². The molecule has 7 nitrogen and oxygen atoms in total. The Kier molecular flexibility index (Phi) is 7.39. The maximum Gasteiger partial charge on any atom is 0.235 e. The van der Waals surface area contributed by atoms with Crippen LogP contribution in [-0.2, 0) is 0 Å². The molecule has 0 amide bonds. The summed E-state index contributed by atoms with van der Waals surface area (Å²) in [4.78, 5) is 13.2. The molecule has 3 aromatic carbocycles. The maximum absolute atomic E-state index is 12.5. The van der Waals surface area contributed by atoms with Crippen LogP contribution in [0.5, 0.6) is 11.5 Å². The smallest absolute Gasteiger partial charge is 0.235 e. The standard InChI is InChI=1S/C27H22N4O3S2/c1-33-23-9-5-6-19(18-23)10-15-24(32)20-11-13-22(14-12-20)34-16-17-35-27-30-31-25(28-29-26(31)36-27)21-7-3-2-4-8-21/h2-15,18H,16-17H2,1H3/b15-10+. The number of allylic oxidation sites excluding steroid dienone is 1. The van der Waals surface area contributed by atoms with Crippen molar-refractivity contribution >= 4 is 39.9 Å². The normalized spacial score (nSPS) is 11.2. The summed E-state index contributed by atoms with van der Waals surface area (Å²) in [5.41, 5.74) is 2.49. The van der Waals surface area contributed by atoms with Crippen LogP contribution in [0.2, 0.25) is 0 Å². The Balaban J connectivity index is 1.12. The summed E-state index contributed by atoms with van der Waals surface area (Å²) in [6, 6.07) is 24.6. The van der Waals surface area contributed by atoms with Crippen LogP contribution in [0.25, 0.3) is 22.4 Å². The molecule has 0 spiro atoms. The molecule has 0 aliphatic rings. The lowest BCUT2D eigenvalue weighted by molar-refractivity contribution is 0.104. The van der Waals surface area contributed by atoms with E-state index in [2.05, 4.69) is 15.3 Å². The number of aromatic nitrogens is 4. The number of rotatable bonds is 10. The van der Waals surface area contributed by atoms with Gasteiger partial charge in [0.15, 0.2) is 15.9 Å². The van der Waals surface area contributed by atoms with Gasteiger partial charge in [-0.1, -0.05) is 71.6 Å². The summed E-state index contributed by atoms with van der Waals surface area (Å²) in [7, 11) is 1.62. The molecule has 2 aromatic heterocycles. The summed E-state index contributed by atoms with van der Waals surface area (Å²) in [5, 5.41) is 13.1. The minimum atomic E-state index is -0.0712. The van der Waals surface area contributed by atoms with E-state index in [0.29, 0.717) is 17.9 Å². The second kappa shape index (κ2) is 11.2. The molecule has 0 saturated carbocycles. The second-order valence-electron chi connectivity index (χ2n) is 7.65. The first-order chi connectivity index (χ1) is 17.7. The first kappa shape index (κ1) is 23.8. The van der Waals surface area contributed by atoms with Gasteiger partial charge in [-0.25, -0.2) is 0 Å². The SMILES string of the molecule is COc1cccc(/C=C/C(=O)c2ccc(OCCSc3nn4c(-c5ccccc5)nnc4s3)cc2)c1. The van der Waals surface area contributed by atoms with Gasteiger partial charge in [0.1, 0.15) is 11.5 Å². The molecule has 5 rings (SSSR count). The molecule has 0 unspecified atom stereocenters. The van der Waals surface area contributed by atoms with Gasteiger partial charge in [0.2, 0.25) is 4.96 Å². The molecule has 0 radical (unpaired) electrons. The van der Waals surface area contributed by atoms with Gasteiger partial charge in [-0.2, -0.15) is 4.52 Å². The molecular formula is C27H22N4O3S2. The predicted octanol–water partition coefficient (Wildman–Crippen LogP) is 5.93. The van der Waals surface area contributed by atoms with Gasteiger partial charge in [0, 0.05) is 16.9 Å². The number of ketones is 1. The number of ether oxygens (including phenoxy) is 2. The lowest BCUT2D eigenvalue weighted by Crippen LogP contribution is -2.01. The van der Waals surface area contributed by atoms with Crippen molar-refractivity contribution in [2.24, 2.45) is 0 Å². The summed E-state index contributed by atoms with van der Waals surface area (Å²) < 4.78 is 13.7. The quantitative estimate of drug-likeness (QED) is 0.0989. The number of carbonyl (C=O) groups is 1. The van der Waals surface area contributed by atoms with Gasteiger partial charge < -0.3 is 9.47 Å². The Labute approximate surface area is 216 Å². The van der Waals surface area contributed by atoms with Crippen molar-refractivity contribution < 1.29 is 14.3 Å². The van der Waals surface area contributed by atoms with E-state index in [0.717, 1.165) is 37.8 Å². The molecule has 0 saturated heterocycles. The average Bonchev–Trinajstić information content (AvgIpc) is 3.51. The number of benzene rings is 3. The molecule has 2 heterocycles. The van der Waals surface area contributed by atoms with Crippen molar-refractivity contribution in [2.75, 3.05) is 19.5 Å². The molecule has 0 N–H and O–H groups in total. The Hall–Kier alpha value is -3.95. The fraction of sp³-hybridized carbons (Fsp3) is 0.111. The van der Waals surface area contributed by atoms with Crippen molar-refractivity contribution in [2.45, 2.75) is 4.34 Å². The Morgan fingerprint density at radius 1 is 1.00 bits per heavy atom. The first-order valence-corrected chi connectivity index (χ1v) is 13.0. The number of methoxy groups -OCH3 is 1. The van der Waals surface area contributed by atoms with Crippen LogP contribution in [0.3, 0.4) is 0 Å². The summed E-state index contributed by atoms with van der Waals surface area (Å²) in [6.45, 7) is 0.513. The molecule has 180 valence electrons. The van der Waals surface area contributed by atoms with Crippen molar-refractivity contribution in [3.8, 4) is 22.9 Å². The highest BCUT2D eigenvalue weighted by molar-refractivity contribution is 8.01. The fourth-order valence-electron chi connectivity index (χ4n) is 3.44. The molecule has 0 bridgehead atoms. The maximum atomic E-state index is 12.5. The Bertz CT molecular complexity index is 1490. The molecule has 0 aliphatic carbocycles. The Morgan fingerprint density at radius 3 is 2.64 bits per heavy atom. The van der Waals surface area contributed by atoms with Crippen LogP contribution in [0.15, 0.2) is 89.3 Å². The van der Waals surface area contributed by atoms with Gasteiger partial charge in [-0.15, -0.1) is 15.3 Å². The summed E-state index contributed by atoms with van der Waals surface area (Å²) >= 11 is 3.11. The van der Waals surface area contributed by atoms with Crippen molar-refractivity contribution in [1.29, 1.82) is 0 Å². The zero-order valence-electron chi connectivity index (χ0n) is 19.4. The Morgan fingerprint density at radius 2 is 1.83 bits per heavy atom. The molecule has 9 heteroatoms. The number of hydrogen-bond acceptors (Lipinski definition) is 8.